The molecule has 1 aromatic rings. The van der Waals surface area contributed by atoms with Crippen LogP contribution in [0.3, 0.4) is 0 Å². The lowest BCUT2D eigenvalue weighted by atomic mass is 10.3. The van der Waals surface area contributed by atoms with E-state index in [1.807, 2.05) is 11.6 Å². The molecule has 0 aromatic carbocycles. The standard InChI is InChI=1S/C6H6N2S/c1-2-5-6(7-3-1)9-4-8-5/h1-2,4,7H,3H2. The van der Waals surface area contributed by atoms with E-state index in [2.05, 4.69) is 16.4 Å². The first kappa shape index (κ1) is 4.99. The number of thiazole rings is 1. The second kappa shape index (κ2) is 1.84. The summed E-state index contributed by atoms with van der Waals surface area (Å²) >= 11 is 1.65. The Labute approximate surface area is 57.2 Å². The highest BCUT2D eigenvalue weighted by atomic mass is 32.1. The average molecular weight is 138 g/mol. The maximum absolute atomic E-state index is 4.13. The van der Waals surface area contributed by atoms with Crippen molar-refractivity contribution in [1.29, 1.82) is 0 Å². The minimum atomic E-state index is 0.940. The molecule has 0 amide bonds. The largest absolute Gasteiger partial charge is 0.372 e. The fourth-order valence-corrected chi connectivity index (χ4v) is 1.51. The van der Waals surface area contributed by atoms with Crippen LogP contribution in [-0.2, 0) is 0 Å². The number of hydrogen-bond donors (Lipinski definition) is 1. The summed E-state index contributed by atoms with van der Waals surface area (Å²) in [4.78, 5) is 4.13. The summed E-state index contributed by atoms with van der Waals surface area (Å²) in [6.45, 7) is 0.940. The normalized spacial score (nSPS) is 14.7. The van der Waals surface area contributed by atoms with Crippen LogP contribution in [0.1, 0.15) is 5.69 Å². The molecule has 0 spiro atoms. The van der Waals surface area contributed by atoms with Crippen molar-refractivity contribution in [3.05, 3.63) is 17.3 Å². The van der Waals surface area contributed by atoms with Crippen LogP contribution in [-0.4, -0.2) is 11.5 Å². The zero-order valence-electron chi connectivity index (χ0n) is 4.79. The first-order valence-corrected chi connectivity index (χ1v) is 3.69. The molecule has 3 heteroatoms. The third kappa shape index (κ3) is 0.733. The maximum atomic E-state index is 4.13. The Kier molecular flexibility index (Phi) is 1.02. The van der Waals surface area contributed by atoms with Gasteiger partial charge in [0, 0.05) is 6.54 Å². The average Bonchev–Trinajstić information content (AvgIpc) is 2.33. The molecule has 0 fully saturated rings. The highest BCUT2D eigenvalue weighted by Crippen LogP contribution is 2.23. The minimum absolute atomic E-state index is 0.940. The summed E-state index contributed by atoms with van der Waals surface area (Å²) in [5, 5.41) is 4.40. The van der Waals surface area contributed by atoms with E-state index in [1.54, 1.807) is 11.3 Å². The van der Waals surface area contributed by atoms with Gasteiger partial charge in [-0.3, -0.25) is 0 Å². The molecule has 0 saturated heterocycles. The van der Waals surface area contributed by atoms with Crippen LogP contribution in [0.15, 0.2) is 11.6 Å². The summed E-state index contributed by atoms with van der Waals surface area (Å²) < 4.78 is 0. The Morgan fingerprint density at radius 2 is 2.67 bits per heavy atom. The van der Waals surface area contributed by atoms with Gasteiger partial charge in [0.05, 0.1) is 11.2 Å². The van der Waals surface area contributed by atoms with E-state index >= 15 is 0 Å². The van der Waals surface area contributed by atoms with Crippen LogP contribution >= 0.6 is 11.3 Å². The quantitative estimate of drug-likeness (QED) is 0.588. The molecule has 46 valence electrons. The van der Waals surface area contributed by atoms with Gasteiger partial charge < -0.3 is 5.32 Å². The van der Waals surface area contributed by atoms with Crippen LogP contribution in [0.5, 0.6) is 0 Å². The lowest BCUT2D eigenvalue weighted by Gasteiger charge is -2.03. The minimum Gasteiger partial charge on any atom is -0.372 e. The van der Waals surface area contributed by atoms with Gasteiger partial charge in [0.1, 0.15) is 5.00 Å². The molecule has 9 heavy (non-hydrogen) atoms. The van der Waals surface area contributed by atoms with Gasteiger partial charge in [-0.1, -0.05) is 6.08 Å². The van der Waals surface area contributed by atoms with Crippen LogP contribution in [0.4, 0.5) is 5.00 Å². The van der Waals surface area contributed by atoms with Crippen molar-refractivity contribution in [1.82, 2.24) is 4.98 Å². The molecule has 0 radical (unpaired) electrons. The zero-order valence-corrected chi connectivity index (χ0v) is 5.61. The number of hydrogen-bond acceptors (Lipinski definition) is 3. The molecule has 1 aliphatic heterocycles. The van der Waals surface area contributed by atoms with Crippen molar-refractivity contribution in [2.45, 2.75) is 0 Å². The van der Waals surface area contributed by atoms with E-state index < -0.39 is 0 Å². The Morgan fingerprint density at radius 3 is 3.56 bits per heavy atom. The van der Waals surface area contributed by atoms with Crippen molar-refractivity contribution < 1.29 is 0 Å². The smallest absolute Gasteiger partial charge is 0.116 e. The summed E-state index contributed by atoms with van der Waals surface area (Å²) in [6, 6.07) is 0. The number of rotatable bonds is 0. The van der Waals surface area contributed by atoms with E-state index in [0.29, 0.717) is 0 Å². The predicted octanol–water partition coefficient (Wildman–Crippen LogP) is 1.58. The van der Waals surface area contributed by atoms with Crippen molar-refractivity contribution in [2.24, 2.45) is 0 Å². The monoisotopic (exact) mass is 138 g/mol. The summed E-state index contributed by atoms with van der Waals surface area (Å²) in [5.41, 5.74) is 2.93. The number of nitrogens with zero attached hydrogens (tertiary/aromatic N) is 1. The Bertz CT molecular complexity index is 239. The van der Waals surface area contributed by atoms with Crippen LogP contribution in [0.2, 0.25) is 0 Å². The molecule has 0 bridgehead atoms. The summed E-state index contributed by atoms with van der Waals surface area (Å²) in [7, 11) is 0. The fourth-order valence-electron chi connectivity index (χ4n) is 0.828. The van der Waals surface area contributed by atoms with Crippen LogP contribution < -0.4 is 5.32 Å². The first-order valence-electron chi connectivity index (χ1n) is 2.81. The Balaban J connectivity index is 2.53. The fraction of sp³-hybridized carbons (Fsp3) is 0.167. The van der Waals surface area contributed by atoms with Gasteiger partial charge in [-0.15, -0.1) is 11.3 Å². The van der Waals surface area contributed by atoms with Crippen molar-refractivity contribution in [3.8, 4) is 0 Å². The summed E-state index contributed by atoms with van der Waals surface area (Å²) in [5.74, 6) is 0. The third-order valence-electron chi connectivity index (χ3n) is 1.25. The number of anilines is 1. The van der Waals surface area contributed by atoms with Crippen LogP contribution in [0.25, 0.3) is 6.08 Å². The first-order chi connectivity index (χ1) is 4.47. The topological polar surface area (TPSA) is 24.9 Å². The third-order valence-corrected chi connectivity index (χ3v) is 2.05. The lowest BCUT2D eigenvalue weighted by molar-refractivity contribution is 1.28. The molecule has 1 N–H and O–H groups in total. The van der Waals surface area contributed by atoms with Gasteiger partial charge in [-0.25, -0.2) is 4.98 Å². The van der Waals surface area contributed by atoms with Crippen molar-refractivity contribution in [2.75, 3.05) is 11.9 Å². The highest BCUT2D eigenvalue weighted by molar-refractivity contribution is 7.14. The SMILES string of the molecule is C1=Cc2ncsc2NC1. The molecule has 2 heterocycles. The Morgan fingerprint density at radius 1 is 1.67 bits per heavy atom. The molecule has 0 unspecified atom stereocenters. The molecular weight excluding hydrogens is 132 g/mol. The molecule has 0 aliphatic carbocycles. The van der Waals surface area contributed by atoms with E-state index in [9.17, 15) is 0 Å². The van der Waals surface area contributed by atoms with Gasteiger partial charge >= 0.3 is 0 Å². The zero-order chi connectivity index (χ0) is 6.10. The number of nitrogens with one attached hydrogen (secondary N) is 1. The maximum Gasteiger partial charge on any atom is 0.116 e. The molecular formula is C6H6N2S. The van der Waals surface area contributed by atoms with Gasteiger partial charge in [-0.05, 0) is 6.08 Å². The van der Waals surface area contributed by atoms with Gasteiger partial charge in [0.15, 0.2) is 0 Å². The van der Waals surface area contributed by atoms with Gasteiger partial charge in [-0.2, -0.15) is 0 Å². The molecule has 2 rings (SSSR count). The number of aromatic nitrogens is 1. The summed E-state index contributed by atoms with van der Waals surface area (Å²) in [6.07, 6.45) is 4.12. The van der Waals surface area contributed by atoms with Crippen LogP contribution in [0, 0.1) is 0 Å². The molecule has 0 atom stereocenters. The van der Waals surface area contributed by atoms with E-state index in [0.717, 1.165) is 12.2 Å². The second-order valence-corrected chi connectivity index (χ2v) is 2.70. The lowest BCUT2D eigenvalue weighted by Crippen LogP contribution is -2.01. The molecule has 0 saturated carbocycles. The van der Waals surface area contributed by atoms with E-state index in [1.165, 1.54) is 5.00 Å². The molecule has 1 aromatic heterocycles. The highest BCUT2D eigenvalue weighted by Gasteiger charge is 2.03. The number of fused-ring (bicyclic) bond motifs is 1. The molecule has 2 nitrogen and oxygen atoms in total. The second-order valence-electron chi connectivity index (χ2n) is 1.85. The Hall–Kier alpha value is -0.830. The van der Waals surface area contributed by atoms with Crippen molar-refractivity contribution >= 4 is 22.4 Å². The molecule has 1 aliphatic rings. The van der Waals surface area contributed by atoms with E-state index in [-0.39, 0.29) is 0 Å². The predicted molar refractivity (Wildman–Crippen MR) is 39.6 cm³/mol. The van der Waals surface area contributed by atoms with E-state index in [4.69, 9.17) is 0 Å². The van der Waals surface area contributed by atoms with Crippen molar-refractivity contribution in [3.63, 3.8) is 0 Å². The van der Waals surface area contributed by atoms with Gasteiger partial charge in [0.25, 0.3) is 0 Å². The van der Waals surface area contributed by atoms with Gasteiger partial charge in [0.2, 0.25) is 0 Å².